The standard InChI is InChI=1S/C15H16N6O3S2/c16-26(23,24)13-8-6-11(7-9-13)17-14(22)10-25-15-18-19-20-21(15)12-4-2-1-3-5-12/h1-9,14,17,22H,10H2,(H2,16,23,24). The van der Waals surface area contributed by atoms with Gasteiger partial charge in [-0.3, -0.25) is 0 Å². The van der Waals surface area contributed by atoms with Crippen molar-refractivity contribution >= 4 is 27.5 Å². The van der Waals surface area contributed by atoms with E-state index in [0.29, 0.717) is 10.8 Å². The van der Waals surface area contributed by atoms with Gasteiger partial charge in [0.25, 0.3) is 0 Å². The minimum atomic E-state index is -3.74. The van der Waals surface area contributed by atoms with Crippen molar-refractivity contribution in [2.75, 3.05) is 11.1 Å². The summed E-state index contributed by atoms with van der Waals surface area (Å²) in [6.07, 6.45) is -0.888. The number of nitrogens with one attached hydrogen (secondary N) is 1. The predicted molar refractivity (Wildman–Crippen MR) is 97.3 cm³/mol. The molecule has 0 aliphatic carbocycles. The number of primary sulfonamides is 1. The summed E-state index contributed by atoms with van der Waals surface area (Å²) in [5, 5.41) is 30.2. The number of sulfonamides is 1. The molecule has 26 heavy (non-hydrogen) atoms. The number of nitrogens with zero attached hydrogens (tertiary/aromatic N) is 4. The van der Waals surface area contributed by atoms with E-state index >= 15 is 0 Å². The maximum atomic E-state index is 11.2. The highest BCUT2D eigenvalue weighted by atomic mass is 32.2. The van der Waals surface area contributed by atoms with Crippen molar-refractivity contribution in [1.29, 1.82) is 0 Å². The number of aliphatic hydroxyl groups is 1. The minimum absolute atomic E-state index is 0.00829. The molecule has 11 heteroatoms. The van der Waals surface area contributed by atoms with Crippen LogP contribution < -0.4 is 10.5 Å². The highest BCUT2D eigenvalue weighted by molar-refractivity contribution is 7.99. The molecule has 3 rings (SSSR count). The smallest absolute Gasteiger partial charge is 0.238 e. The third-order valence-corrected chi connectivity index (χ3v) is 5.25. The lowest BCUT2D eigenvalue weighted by Gasteiger charge is -2.14. The number of para-hydroxylation sites is 1. The average molecular weight is 392 g/mol. The fraction of sp³-hybridized carbons (Fsp3) is 0.133. The van der Waals surface area contributed by atoms with E-state index in [9.17, 15) is 13.5 Å². The number of tetrazole rings is 1. The summed E-state index contributed by atoms with van der Waals surface area (Å²) in [6, 6.07) is 15.2. The van der Waals surface area contributed by atoms with Crippen LogP contribution >= 0.6 is 11.8 Å². The number of hydrogen-bond donors (Lipinski definition) is 3. The number of rotatable bonds is 7. The van der Waals surface area contributed by atoms with Gasteiger partial charge in [0.05, 0.1) is 10.6 Å². The highest BCUT2D eigenvalue weighted by Gasteiger charge is 2.13. The summed E-state index contributed by atoms with van der Waals surface area (Å²) in [4.78, 5) is 0.00829. The number of thioether (sulfide) groups is 1. The van der Waals surface area contributed by atoms with Crippen molar-refractivity contribution in [2.24, 2.45) is 5.14 Å². The monoisotopic (exact) mass is 392 g/mol. The largest absolute Gasteiger partial charge is 0.373 e. The molecule has 0 aliphatic rings. The van der Waals surface area contributed by atoms with Gasteiger partial charge in [-0.1, -0.05) is 30.0 Å². The molecule has 0 aliphatic heterocycles. The van der Waals surface area contributed by atoms with Crippen molar-refractivity contribution < 1.29 is 13.5 Å². The highest BCUT2D eigenvalue weighted by Crippen LogP contribution is 2.20. The second-order valence-electron chi connectivity index (χ2n) is 5.25. The topological polar surface area (TPSA) is 136 Å². The van der Waals surface area contributed by atoms with Gasteiger partial charge in [0.2, 0.25) is 15.2 Å². The molecule has 0 saturated heterocycles. The lowest BCUT2D eigenvalue weighted by molar-refractivity contribution is 0.229. The number of nitrogens with two attached hydrogens (primary N) is 1. The molecule has 136 valence electrons. The second-order valence-corrected chi connectivity index (χ2v) is 7.80. The van der Waals surface area contributed by atoms with E-state index in [1.165, 1.54) is 36.0 Å². The van der Waals surface area contributed by atoms with Crippen LogP contribution in [-0.4, -0.2) is 45.7 Å². The summed E-state index contributed by atoms with van der Waals surface area (Å²) in [7, 11) is -3.74. The Hall–Kier alpha value is -2.47. The Labute approximate surface area is 154 Å². The Morgan fingerprint density at radius 1 is 1.15 bits per heavy atom. The average Bonchev–Trinajstić information content (AvgIpc) is 3.09. The molecule has 3 aromatic rings. The van der Waals surface area contributed by atoms with Crippen LogP contribution in [-0.2, 0) is 10.0 Å². The third kappa shape index (κ3) is 4.58. The number of aliphatic hydroxyl groups excluding tert-OH is 1. The molecule has 1 atom stereocenters. The number of hydrogen-bond acceptors (Lipinski definition) is 8. The number of anilines is 1. The number of benzene rings is 2. The Morgan fingerprint density at radius 2 is 1.85 bits per heavy atom. The fourth-order valence-corrected chi connectivity index (χ4v) is 3.39. The van der Waals surface area contributed by atoms with Crippen LogP contribution in [0.15, 0.2) is 64.6 Å². The molecule has 9 nitrogen and oxygen atoms in total. The molecule has 1 aromatic heterocycles. The second kappa shape index (κ2) is 7.83. The summed E-state index contributed by atoms with van der Waals surface area (Å²) < 4.78 is 24.0. The van der Waals surface area contributed by atoms with Crippen LogP contribution in [0.1, 0.15) is 0 Å². The van der Waals surface area contributed by atoms with Gasteiger partial charge in [0.1, 0.15) is 6.23 Å². The van der Waals surface area contributed by atoms with Crippen LogP contribution in [0.5, 0.6) is 0 Å². The van der Waals surface area contributed by atoms with Gasteiger partial charge in [-0.2, -0.15) is 4.68 Å². The van der Waals surface area contributed by atoms with Gasteiger partial charge in [-0.05, 0) is 46.8 Å². The van der Waals surface area contributed by atoms with E-state index < -0.39 is 16.3 Å². The lowest BCUT2D eigenvalue weighted by Crippen LogP contribution is -2.21. The molecule has 4 N–H and O–H groups in total. The van der Waals surface area contributed by atoms with Gasteiger partial charge in [-0.25, -0.2) is 13.6 Å². The summed E-state index contributed by atoms with van der Waals surface area (Å²) >= 11 is 1.28. The molecule has 1 heterocycles. The van der Waals surface area contributed by atoms with Crippen molar-refractivity contribution in [1.82, 2.24) is 20.2 Å². The van der Waals surface area contributed by atoms with Gasteiger partial charge >= 0.3 is 0 Å². The van der Waals surface area contributed by atoms with E-state index in [1.807, 2.05) is 30.3 Å². The van der Waals surface area contributed by atoms with E-state index in [0.717, 1.165) is 5.69 Å². The van der Waals surface area contributed by atoms with Crippen LogP contribution in [0.25, 0.3) is 5.69 Å². The zero-order chi connectivity index (χ0) is 18.6. The Bertz CT molecular complexity index is 961. The minimum Gasteiger partial charge on any atom is -0.373 e. The van der Waals surface area contributed by atoms with E-state index in [-0.39, 0.29) is 10.6 Å². The van der Waals surface area contributed by atoms with E-state index in [1.54, 1.807) is 4.68 Å². The lowest BCUT2D eigenvalue weighted by atomic mass is 10.3. The third-order valence-electron chi connectivity index (χ3n) is 3.33. The molecule has 0 saturated carbocycles. The fourth-order valence-electron chi connectivity index (χ4n) is 2.13. The summed E-state index contributed by atoms with van der Waals surface area (Å²) in [6.45, 7) is 0. The molecule has 0 amide bonds. The Morgan fingerprint density at radius 3 is 2.50 bits per heavy atom. The maximum Gasteiger partial charge on any atom is 0.238 e. The first-order valence-electron chi connectivity index (χ1n) is 7.47. The summed E-state index contributed by atoms with van der Waals surface area (Å²) in [5.74, 6) is 0.282. The molecular formula is C15H16N6O3S2. The van der Waals surface area contributed by atoms with Crippen LogP contribution in [0, 0.1) is 0 Å². The zero-order valence-electron chi connectivity index (χ0n) is 13.4. The van der Waals surface area contributed by atoms with Crippen LogP contribution in [0.2, 0.25) is 0 Å². The molecule has 1 unspecified atom stereocenters. The van der Waals surface area contributed by atoms with Crippen molar-refractivity contribution in [3.8, 4) is 5.69 Å². The Balaban J connectivity index is 1.60. The maximum absolute atomic E-state index is 11.2. The van der Waals surface area contributed by atoms with Gasteiger partial charge in [-0.15, -0.1) is 5.10 Å². The van der Waals surface area contributed by atoms with Gasteiger partial charge in [0.15, 0.2) is 0 Å². The quantitative estimate of drug-likeness (QED) is 0.397. The molecule has 0 bridgehead atoms. The first-order chi connectivity index (χ1) is 12.4. The van der Waals surface area contributed by atoms with Crippen molar-refractivity contribution in [2.45, 2.75) is 16.3 Å². The van der Waals surface area contributed by atoms with E-state index in [2.05, 4.69) is 20.8 Å². The van der Waals surface area contributed by atoms with Gasteiger partial charge < -0.3 is 10.4 Å². The molecule has 0 radical (unpaired) electrons. The van der Waals surface area contributed by atoms with E-state index in [4.69, 9.17) is 5.14 Å². The molecular weight excluding hydrogens is 376 g/mol. The molecule has 2 aromatic carbocycles. The van der Waals surface area contributed by atoms with Crippen LogP contribution in [0.3, 0.4) is 0 Å². The molecule has 0 fully saturated rings. The predicted octanol–water partition coefficient (Wildman–Crippen LogP) is 0.832. The first kappa shape index (κ1) is 18.3. The van der Waals surface area contributed by atoms with Crippen molar-refractivity contribution in [3.63, 3.8) is 0 Å². The van der Waals surface area contributed by atoms with Crippen LogP contribution in [0.4, 0.5) is 5.69 Å². The number of aromatic nitrogens is 4. The first-order valence-corrected chi connectivity index (χ1v) is 10.0. The van der Waals surface area contributed by atoms with Gasteiger partial charge in [0, 0.05) is 11.4 Å². The summed E-state index contributed by atoms with van der Waals surface area (Å²) in [5.41, 5.74) is 1.38. The Kier molecular flexibility index (Phi) is 5.52. The molecule has 0 spiro atoms. The zero-order valence-corrected chi connectivity index (χ0v) is 15.1. The van der Waals surface area contributed by atoms with Crippen molar-refractivity contribution in [3.05, 3.63) is 54.6 Å². The SMILES string of the molecule is NS(=O)(=O)c1ccc(NC(O)CSc2nnnn2-c2ccccc2)cc1. The normalized spacial score (nSPS) is 12.7.